The Bertz CT molecular complexity index is 851. The zero-order valence-corrected chi connectivity index (χ0v) is 13.8. The average Bonchev–Trinajstić information content (AvgIpc) is 2.76. The van der Waals surface area contributed by atoms with Gasteiger partial charge in [0.1, 0.15) is 17.3 Å². The van der Waals surface area contributed by atoms with Crippen LogP contribution in [0, 0.1) is 12.7 Å². The van der Waals surface area contributed by atoms with Crippen LogP contribution >= 0.6 is 23.2 Å². The van der Waals surface area contributed by atoms with E-state index in [0.717, 1.165) is 12.1 Å². The molecule has 6 nitrogen and oxygen atoms in total. The maximum absolute atomic E-state index is 14.1. The molecule has 0 amide bonds. The van der Waals surface area contributed by atoms with Crippen molar-refractivity contribution in [1.29, 1.82) is 0 Å². The zero-order valence-electron chi connectivity index (χ0n) is 12.3. The first-order chi connectivity index (χ1) is 11.1. The summed E-state index contributed by atoms with van der Waals surface area (Å²) < 4.78 is 45.5. The lowest BCUT2D eigenvalue weighted by Gasteiger charge is -2.13. The molecule has 24 heavy (non-hydrogen) atoms. The number of aromatic nitrogens is 3. The van der Waals surface area contributed by atoms with E-state index in [4.69, 9.17) is 27.9 Å². The maximum atomic E-state index is 14.1. The SMILES string of the molecule is Cc1nn(-c2cc(OC(C)C(=O)Cl)c(Cl)cc2F)c(=O)n1C(F)F. The van der Waals surface area contributed by atoms with Crippen LogP contribution in [0.4, 0.5) is 13.2 Å². The van der Waals surface area contributed by atoms with E-state index in [1.54, 1.807) is 0 Å². The van der Waals surface area contributed by atoms with Crippen molar-refractivity contribution in [2.75, 3.05) is 0 Å². The van der Waals surface area contributed by atoms with E-state index in [1.165, 1.54) is 13.8 Å². The van der Waals surface area contributed by atoms with Crippen molar-refractivity contribution in [3.63, 3.8) is 0 Å². The molecule has 1 heterocycles. The smallest absolute Gasteiger partial charge is 0.355 e. The van der Waals surface area contributed by atoms with Gasteiger partial charge in [0.05, 0.1) is 5.02 Å². The van der Waals surface area contributed by atoms with Gasteiger partial charge in [0.25, 0.3) is 5.24 Å². The standard InChI is InChI=1S/C13H10Cl2F3N3O3/c1-5(11(15)22)24-10-4-9(8(16)3-7(10)14)21-13(23)20(12(17)18)6(2)19-21/h3-5,12H,1-2H3. The van der Waals surface area contributed by atoms with Gasteiger partial charge in [0.2, 0.25) is 0 Å². The number of carbonyl (C=O) groups is 1. The lowest BCUT2D eigenvalue weighted by atomic mass is 10.3. The number of rotatable bonds is 5. The van der Waals surface area contributed by atoms with Crippen molar-refractivity contribution in [2.24, 2.45) is 0 Å². The van der Waals surface area contributed by atoms with Crippen LogP contribution in [-0.2, 0) is 4.79 Å². The number of aryl methyl sites for hydroxylation is 1. The first-order valence-electron chi connectivity index (χ1n) is 6.45. The third kappa shape index (κ3) is 3.41. The fraction of sp³-hybridized carbons (Fsp3) is 0.308. The molecular formula is C13H10Cl2F3N3O3. The zero-order chi connectivity index (χ0) is 18.2. The van der Waals surface area contributed by atoms with Crippen molar-refractivity contribution in [1.82, 2.24) is 14.3 Å². The molecule has 0 bridgehead atoms. The van der Waals surface area contributed by atoms with Crippen LogP contribution in [0.5, 0.6) is 5.75 Å². The van der Waals surface area contributed by atoms with E-state index in [-0.39, 0.29) is 21.2 Å². The van der Waals surface area contributed by atoms with Crippen LogP contribution in [0.15, 0.2) is 16.9 Å². The molecular weight excluding hydrogens is 374 g/mol. The molecule has 2 rings (SSSR count). The highest BCUT2D eigenvalue weighted by Crippen LogP contribution is 2.30. The minimum absolute atomic E-state index is 0.0967. The molecule has 0 aliphatic rings. The number of carbonyl (C=O) groups excluding carboxylic acids is 1. The van der Waals surface area contributed by atoms with Gasteiger partial charge in [-0.1, -0.05) is 11.6 Å². The largest absolute Gasteiger partial charge is 0.480 e. The Morgan fingerprint density at radius 2 is 2.00 bits per heavy atom. The fourth-order valence-electron chi connectivity index (χ4n) is 1.87. The van der Waals surface area contributed by atoms with Gasteiger partial charge < -0.3 is 4.74 Å². The molecule has 0 saturated heterocycles. The summed E-state index contributed by atoms with van der Waals surface area (Å²) in [6, 6.07) is 1.78. The van der Waals surface area contributed by atoms with Gasteiger partial charge in [-0.2, -0.15) is 13.5 Å². The van der Waals surface area contributed by atoms with Gasteiger partial charge >= 0.3 is 12.2 Å². The summed E-state index contributed by atoms with van der Waals surface area (Å²) in [5.74, 6) is -1.46. The van der Waals surface area contributed by atoms with Gasteiger partial charge in [0, 0.05) is 6.07 Å². The van der Waals surface area contributed by atoms with Crippen molar-refractivity contribution in [2.45, 2.75) is 26.5 Å². The van der Waals surface area contributed by atoms with Crippen molar-refractivity contribution >= 4 is 28.4 Å². The summed E-state index contributed by atoms with van der Waals surface area (Å²) in [5, 5.41) is 2.58. The number of ether oxygens (including phenoxy) is 1. The quantitative estimate of drug-likeness (QED) is 0.744. The molecule has 11 heteroatoms. The Balaban J connectivity index is 2.58. The van der Waals surface area contributed by atoms with Crippen molar-refractivity contribution < 1.29 is 22.7 Å². The second-order valence-corrected chi connectivity index (χ2v) is 5.47. The van der Waals surface area contributed by atoms with E-state index in [1.807, 2.05) is 0 Å². The highest BCUT2D eigenvalue weighted by atomic mass is 35.5. The number of nitrogens with zero attached hydrogens (tertiary/aromatic N) is 3. The maximum Gasteiger partial charge on any atom is 0.355 e. The molecule has 2 aromatic rings. The second-order valence-electron chi connectivity index (χ2n) is 4.69. The minimum atomic E-state index is -3.13. The molecule has 0 aliphatic carbocycles. The molecule has 0 N–H and O–H groups in total. The van der Waals surface area contributed by atoms with E-state index in [0.29, 0.717) is 4.68 Å². The number of halogens is 5. The fourth-order valence-corrected chi connectivity index (χ4v) is 2.10. The second kappa shape index (κ2) is 6.86. The summed E-state index contributed by atoms with van der Waals surface area (Å²) in [7, 11) is 0. The highest BCUT2D eigenvalue weighted by molar-refractivity contribution is 6.64. The Hall–Kier alpha value is -2.00. The molecule has 0 radical (unpaired) electrons. The Labute approximate surface area is 143 Å². The van der Waals surface area contributed by atoms with Gasteiger partial charge in [0.15, 0.2) is 11.9 Å². The number of hydrogen-bond donors (Lipinski definition) is 0. The van der Waals surface area contributed by atoms with Crippen LogP contribution in [0.25, 0.3) is 5.69 Å². The third-order valence-corrected chi connectivity index (χ3v) is 3.63. The topological polar surface area (TPSA) is 66.1 Å². The molecule has 1 atom stereocenters. The molecule has 1 unspecified atom stereocenters. The lowest BCUT2D eigenvalue weighted by Crippen LogP contribution is -2.25. The summed E-state index contributed by atoms with van der Waals surface area (Å²) >= 11 is 11.1. The molecule has 0 aliphatic heterocycles. The van der Waals surface area contributed by atoms with Crippen molar-refractivity contribution in [3.8, 4) is 11.4 Å². The summed E-state index contributed by atoms with van der Waals surface area (Å²) in [5.41, 5.74) is -1.70. The van der Waals surface area contributed by atoms with Crippen molar-refractivity contribution in [3.05, 3.63) is 39.3 Å². The highest BCUT2D eigenvalue weighted by Gasteiger charge is 2.22. The summed E-state index contributed by atoms with van der Waals surface area (Å²) in [4.78, 5) is 23.0. The Morgan fingerprint density at radius 1 is 1.38 bits per heavy atom. The number of alkyl halides is 2. The van der Waals surface area contributed by atoms with Gasteiger partial charge in [-0.25, -0.2) is 13.8 Å². The first-order valence-corrected chi connectivity index (χ1v) is 7.20. The van der Waals surface area contributed by atoms with Gasteiger partial charge in [-0.3, -0.25) is 4.79 Å². The Kier molecular flexibility index (Phi) is 5.24. The molecule has 1 aromatic carbocycles. The number of hydrogen-bond acceptors (Lipinski definition) is 4. The lowest BCUT2D eigenvalue weighted by molar-refractivity contribution is -0.117. The van der Waals surface area contributed by atoms with Gasteiger partial charge in [-0.15, -0.1) is 5.10 Å². The predicted octanol–water partition coefficient (Wildman–Crippen LogP) is 3.06. The normalized spacial score (nSPS) is 12.5. The predicted molar refractivity (Wildman–Crippen MR) is 79.7 cm³/mol. The van der Waals surface area contributed by atoms with E-state index >= 15 is 0 Å². The van der Waals surface area contributed by atoms with Crippen LogP contribution in [0.1, 0.15) is 19.3 Å². The van der Waals surface area contributed by atoms with Crippen LogP contribution in [-0.4, -0.2) is 25.7 Å². The molecule has 130 valence electrons. The van der Waals surface area contributed by atoms with Crippen LogP contribution in [0.3, 0.4) is 0 Å². The monoisotopic (exact) mass is 383 g/mol. The molecule has 0 spiro atoms. The summed E-state index contributed by atoms with van der Waals surface area (Å²) in [6.45, 7) is -0.633. The molecule has 0 fully saturated rings. The first kappa shape index (κ1) is 18.3. The summed E-state index contributed by atoms with van der Waals surface area (Å²) in [6.07, 6.45) is -1.10. The van der Waals surface area contributed by atoms with Crippen LogP contribution < -0.4 is 10.4 Å². The van der Waals surface area contributed by atoms with Gasteiger partial charge in [-0.05, 0) is 31.5 Å². The van der Waals surface area contributed by atoms with Crippen LogP contribution in [0.2, 0.25) is 5.02 Å². The van der Waals surface area contributed by atoms with E-state index < -0.39 is 35.1 Å². The minimum Gasteiger partial charge on any atom is -0.480 e. The van der Waals surface area contributed by atoms with E-state index in [9.17, 15) is 22.8 Å². The molecule has 1 aromatic heterocycles. The Morgan fingerprint density at radius 3 is 2.50 bits per heavy atom. The third-order valence-electron chi connectivity index (χ3n) is 3.03. The van der Waals surface area contributed by atoms with E-state index in [2.05, 4.69) is 5.10 Å². The number of benzene rings is 1. The average molecular weight is 384 g/mol. The molecule has 0 saturated carbocycles.